The molecule has 0 aliphatic carbocycles. The third kappa shape index (κ3) is 4.04. The lowest BCUT2D eigenvalue weighted by Crippen LogP contribution is -2.28. The van der Waals surface area contributed by atoms with Gasteiger partial charge in [-0.25, -0.2) is 22.7 Å². The fraction of sp³-hybridized carbons (Fsp3) is 0.0455. The van der Waals surface area contributed by atoms with Crippen molar-refractivity contribution in [3.63, 3.8) is 0 Å². The summed E-state index contributed by atoms with van der Waals surface area (Å²) in [5.74, 6) is -1.45. The van der Waals surface area contributed by atoms with Crippen LogP contribution >= 0.6 is 11.6 Å². The highest BCUT2D eigenvalue weighted by Gasteiger charge is 2.19. The number of benzene rings is 2. The van der Waals surface area contributed by atoms with Crippen LogP contribution in [-0.4, -0.2) is 30.2 Å². The van der Waals surface area contributed by atoms with Gasteiger partial charge in [-0.15, -0.1) is 5.10 Å². The summed E-state index contributed by atoms with van der Waals surface area (Å²) in [7, 11) is 0. The average molecular weight is 483 g/mol. The van der Waals surface area contributed by atoms with Gasteiger partial charge in [0.1, 0.15) is 18.2 Å². The summed E-state index contributed by atoms with van der Waals surface area (Å²) < 4.78 is 34.4. The smallest absolute Gasteiger partial charge is 0.333 e. The van der Waals surface area contributed by atoms with Gasteiger partial charge in [0.2, 0.25) is 11.7 Å². The lowest BCUT2D eigenvalue weighted by Gasteiger charge is -2.06. The summed E-state index contributed by atoms with van der Waals surface area (Å²) in [5.41, 5.74) is 0.389. The van der Waals surface area contributed by atoms with E-state index in [4.69, 9.17) is 16.1 Å². The Labute approximate surface area is 194 Å². The number of fused-ring (bicyclic) bond motifs is 1. The van der Waals surface area contributed by atoms with Crippen LogP contribution in [0.2, 0.25) is 5.02 Å². The number of carbonyl (C=O) groups is 1. The van der Waals surface area contributed by atoms with E-state index in [9.17, 15) is 18.4 Å². The van der Waals surface area contributed by atoms with E-state index in [-0.39, 0.29) is 28.1 Å². The Morgan fingerprint density at radius 1 is 1.09 bits per heavy atom. The number of amides is 1. The molecule has 0 radical (unpaired) electrons. The zero-order chi connectivity index (χ0) is 23.8. The van der Waals surface area contributed by atoms with Crippen molar-refractivity contribution in [1.82, 2.24) is 24.3 Å². The third-order valence-corrected chi connectivity index (χ3v) is 5.17. The molecule has 0 saturated heterocycles. The highest BCUT2D eigenvalue weighted by Crippen LogP contribution is 2.25. The fourth-order valence-corrected chi connectivity index (χ4v) is 3.47. The number of rotatable bonds is 5. The molecule has 170 valence electrons. The topological polar surface area (TPSA) is 107 Å². The van der Waals surface area contributed by atoms with Crippen LogP contribution in [0.5, 0.6) is 0 Å². The first-order chi connectivity index (χ1) is 16.4. The molecule has 5 aromatic rings. The predicted octanol–water partition coefficient (Wildman–Crippen LogP) is 3.78. The van der Waals surface area contributed by atoms with E-state index < -0.39 is 29.8 Å². The van der Waals surface area contributed by atoms with Crippen LogP contribution < -0.4 is 11.0 Å². The van der Waals surface area contributed by atoms with E-state index in [0.717, 1.165) is 16.8 Å². The first kappa shape index (κ1) is 21.5. The quantitative estimate of drug-likeness (QED) is 0.408. The SMILES string of the molecule is O=C(Cn1nc2c(-c3nc(-c4cccc(F)c4)no3)cccn2c1=O)Nc1cc(F)ccc1Cl. The maximum Gasteiger partial charge on any atom is 0.350 e. The van der Waals surface area contributed by atoms with E-state index in [0.29, 0.717) is 11.1 Å². The van der Waals surface area contributed by atoms with Gasteiger partial charge in [-0.1, -0.05) is 28.9 Å². The molecule has 0 fully saturated rings. The van der Waals surface area contributed by atoms with E-state index >= 15 is 0 Å². The molecular formula is C22H13ClF2N6O3. The maximum atomic E-state index is 13.5. The fourth-order valence-electron chi connectivity index (χ4n) is 3.30. The summed E-state index contributed by atoms with van der Waals surface area (Å²) >= 11 is 5.97. The zero-order valence-electron chi connectivity index (χ0n) is 17.1. The van der Waals surface area contributed by atoms with Crippen LogP contribution in [0.15, 0.2) is 70.1 Å². The molecule has 12 heteroatoms. The van der Waals surface area contributed by atoms with Crippen LogP contribution in [0.3, 0.4) is 0 Å². The van der Waals surface area contributed by atoms with Crippen molar-refractivity contribution in [1.29, 1.82) is 0 Å². The molecule has 1 N–H and O–H groups in total. The summed E-state index contributed by atoms with van der Waals surface area (Å²) in [5, 5.41) is 10.7. The summed E-state index contributed by atoms with van der Waals surface area (Å²) in [6, 6.07) is 12.4. The zero-order valence-corrected chi connectivity index (χ0v) is 17.8. The Kier molecular flexibility index (Phi) is 5.38. The summed E-state index contributed by atoms with van der Waals surface area (Å²) in [6.45, 7) is -0.453. The van der Waals surface area contributed by atoms with Crippen LogP contribution in [0, 0.1) is 11.6 Å². The second-order valence-electron chi connectivity index (χ2n) is 7.16. The van der Waals surface area contributed by atoms with Gasteiger partial charge in [0.05, 0.1) is 16.3 Å². The second kappa shape index (κ2) is 8.52. The normalized spacial score (nSPS) is 11.1. The number of nitrogens with one attached hydrogen (secondary N) is 1. The molecule has 0 saturated carbocycles. The lowest BCUT2D eigenvalue weighted by molar-refractivity contribution is -0.117. The third-order valence-electron chi connectivity index (χ3n) is 4.84. The van der Waals surface area contributed by atoms with Gasteiger partial charge in [-0.05, 0) is 42.5 Å². The molecule has 0 atom stereocenters. The maximum absolute atomic E-state index is 13.5. The van der Waals surface area contributed by atoms with Crippen molar-refractivity contribution < 1.29 is 18.1 Å². The van der Waals surface area contributed by atoms with Gasteiger partial charge in [0, 0.05) is 11.8 Å². The van der Waals surface area contributed by atoms with Crippen molar-refractivity contribution in [3.05, 3.63) is 87.9 Å². The second-order valence-corrected chi connectivity index (χ2v) is 7.57. The average Bonchev–Trinajstić information content (AvgIpc) is 3.42. The molecule has 1 amide bonds. The van der Waals surface area contributed by atoms with Gasteiger partial charge in [0.25, 0.3) is 5.89 Å². The number of carbonyl (C=O) groups excluding carboxylic acids is 1. The number of aromatic nitrogens is 5. The molecule has 2 aromatic carbocycles. The molecule has 0 unspecified atom stereocenters. The van der Waals surface area contributed by atoms with Gasteiger partial charge >= 0.3 is 5.69 Å². The van der Waals surface area contributed by atoms with Crippen LogP contribution in [-0.2, 0) is 11.3 Å². The molecule has 34 heavy (non-hydrogen) atoms. The predicted molar refractivity (Wildman–Crippen MR) is 118 cm³/mol. The Morgan fingerprint density at radius 2 is 1.91 bits per heavy atom. The molecule has 0 aliphatic heterocycles. The van der Waals surface area contributed by atoms with E-state index in [1.165, 1.54) is 34.9 Å². The van der Waals surface area contributed by atoms with Crippen molar-refractivity contribution in [3.8, 4) is 22.8 Å². The minimum absolute atomic E-state index is 0.0537. The minimum Gasteiger partial charge on any atom is -0.333 e. The summed E-state index contributed by atoms with van der Waals surface area (Å²) in [6.07, 6.45) is 1.47. The van der Waals surface area contributed by atoms with Crippen LogP contribution in [0.1, 0.15) is 0 Å². The summed E-state index contributed by atoms with van der Waals surface area (Å²) in [4.78, 5) is 29.5. The van der Waals surface area contributed by atoms with Crippen molar-refractivity contribution in [2.24, 2.45) is 0 Å². The standard InChI is InChI=1S/C22H13ClF2N6O3/c23-16-7-6-14(25)10-17(16)26-18(32)11-31-22(33)30-8-2-5-15(20(30)28-31)21-27-19(29-34-21)12-3-1-4-13(24)9-12/h1-10H,11H2,(H,26,32). The van der Waals surface area contributed by atoms with E-state index in [2.05, 4.69) is 20.6 Å². The Bertz CT molecular complexity index is 1610. The highest BCUT2D eigenvalue weighted by atomic mass is 35.5. The highest BCUT2D eigenvalue weighted by molar-refractivity contribution is 6.33. The van der Waals surface area contributed by atoms with Crippen molar-refractivity contribution in [2.45, 2.75) is 6.54 Å². The number of pyridine rings is 1. The first-order valence-corrected chi connectivity index (χ1v) is 10.2. The Hall–Kier alpha value is -4.38. The van der Waals surface area contributed by atoms with E-state index in [1.807, 2.05) is 0 Å². The van der Waals surface area contributed by atoms with E-state index in [1.54, 1.807) is 18.2 Å². The lowest BCUT2D eigenvalue weighted by atomic mass is 10.2. The number of anilines is 1. The van der Waals surface area contributed by atoms with Crippen LogP contribution in [0.4, 0.5) is 14.5 Å². The largest absolute Gasteiger partial charge is 0.350 e. The number of hydrogen-bond acceptors (Lipinski definition) is 6. The minimum atomic E-state index is -0.634. The molecule has 0 spiro atoms. The molecule has 0 bridgehead atoms. The van der Waals surface area contributed by atoms with Gasteiger partial charge in [-0.3, -0.25) is 4.79 Å². The van der Waals surface area contributed by atoms with Crippen molar-refractivity contribution in [2.75, 3.05) is 5.32 Å². The molecule has 3 aromatic heterocycles. The van der Waals surface area contributed by atoms with Crippen LogP contribution in [0.25, 0.3) is 28.5 Å². The van der Waals surface area contributed by atoms with Gasteiger partial charge in [0.15, 0.2) is 5.65 Å². The van der Waals surface area contributed by atoms with Gasteiger partial charge in [-0.2, -0.15) is 4.98 Å². The molecule has 5 rings (SSSR count). The molecule has 9 nitrogen and oxygen atoms in total. The molecular weight excluding hydrogens is 470 g/mol. The molecule has 3 heterocycles. The number of hydrogen-bond donors (Lipinski definition) is 1. The van der Waals surface area contributed by atoms with Gasteiger partial charge < -0.3 is 9.84 Å². The molecule has 0 aliphatic rings. The first-order valence-electron chi connectivity index (χ1n) is 9.82. The Morgan fingerprint density at radius 3 is 2.74 bits per heavy atom. The Balaban J connectivity index is 1.46. The number of nitrogens with zero attached hydrogens (tertiary/aromatic N) is 5. The number of halogens is 3. The monoisotopic (exact) mass is 482 g/mol. The van der Waals surface area contributed by atoms with Crippen molar-refractivity contribution >= 4 is 28.8 Å².